The summed E-state index contributed by atoms with van der Waals surface area (Å²) in [5.74, 6) is 0.485. The molecule has 0 radical (unpaired) electrons. The van der Waals surface area contributed by atoms with Crippen LogP contribution in [0, 0.1) is 6.92 Å². The van der Waals surface area contributed by atoms with Crippen LogP contribution < -0.4 is 5.32 Å². The number of nitrogens with one attached hydrogen (secondary N) is 1. The molecule has 2 heterocycles. The predicted octanol–water partition coefficient (Wildman–Crippen LogP) is 4.79. The minimum atomic E-state index is -0.0460. The smallest absolute Gasteiger partial charge is 0.266 e. The van der Waals surface area contributed by atoms with Crippen molar-refractivity contribution in [2.24, 2.45) is 0 Å². The van der Waals surface area contributed by atoms with Gasteiger partial charge in [0, 0.05) is 19.2 Å². The second-order valence-corrected chi connectivity index (χ2v) is 8.49. The fraction of sp³-hybridized carbons (Fsp3) is 0.273. The number of unbranched alkanes of at least 4 members (excludes halogenated alkanes) is 2. The normalized spacial score (nSPS) is 15.2. The molecule has 1 fully saturated rings. The lowest BCUT2D eigenvalue weighted by atomic mass is 10.1. The van der Waals surface area contributed by atoms with Gasteiger partial charge >= 0.3 is 0 Å². The number of anilines is 1. The minimum absolute atomic E-state index is 0.0338. The van der Waals surface area contributed by atoms with E-state index in [9.17, 15) is 9.59 Å². The Balaban J connectivity index is 1.41. The van der Waals surface area contributed by atoms with Crippen molar-refractivity contribution in [1.29, 1.82) is 0 Å². The molecule has 2 aromatic rings. The first-order chi connectivity index (χ1) is 14.0. The highest BCUT2D eigenvalue weighted by Gasteiger charge is 2.31. The first-order valence-electron chi connectivity index (χ1n) is 9.56. The van der Waals surface area contributed by atoms with E-state index in [-0.39, 0.29) is 11.8 Å². The molecular weight excluding hydrogens is 402 g/mol. The molecule has 1 saturated heterocycles. The molecule has 0 spiro atoms. The van der Waals surface area contributed by atoms with Crippen LogP contribution in [-0.4, -0.2) is 32.6 Å². The van der Waals surface area contributed by atoms with Crippen molar-refractivity contribution in [1.82, 2.24) is 9.88 Å². The van der Waals surface area contributed by atoms with Crippen LogP contribution in [0.15, 0.2) is 53.6 Å². The molecule has 1 aliphatic rings. The largest absolute Gasteiger partial charge is 0.311 e. The molecular formula is C22H23N3O2S2. The molecule has 1 aromatic heterocycles. The molecule has 0 atom stereocenters. The van der Waals surface area contributed by atoms with Crippen LogP contribution in [0.3, 0.4) is 0 Å². The van der Waals surface area contributed by atoms with E-state index in [2.05, 4.69) is 10.3 Å². The summed E-state index contributed by atoms with van der Waals surface area (Å²) in [6.45, 7) is 2.61. The predicted molar refractivity (Wildman–Crippen MR) is 122 cm³/mol. The number of hydrogen-bond donors (Lipinski definition) is 1. The maximum absolute atomic E-state index is 12.6. The van der Waals surface area contributed by atoms with Gasteiger partial charge in [-0.05, 0) is 43.5 Å². The van der Waals surface area contributed by atoms with Gasteiger partial charge in [0.25, 0.3) is 5.91 Å². The van der Waals surface area contributed by atoms with E-state index in [1.54, 1.807) is 23.2 Å². The highest BCUT2D eigenvalue weighted by atomic mass is 32.2. The Morgan fingerprint density at radius 1 is 1.17 bits per heavy atom. The Morgan fingerprint density at radius 3 is 2.69 bits per heavy atom. The van der Waals surface area contributed by atoms with E-state index >= 15 is 0 Å². The molecule has 29 heavy (non-hydrogen) atoms. The molecule has 2 amide bonds. The Bertz CT molecular complexity index is 911. The number of amides is 2. The summed E-state index contributed by atoms with van der Waals surface area (Å²) >= 11 is 6.73. The standard InChI is InChI=1S/C22H23N3O2S2/c1-16-9-11-17(12-10-16)15-18-21(27)25(22(28)29-18)14-6-2-3-8-20(26)24-19-7-4-5-13-23-19/h4-5,7,9-13,15H,2-3,6,8,14H2,1H3,(H,23,24,26). The summed E-state index contributed by atoms with van der Waals surface area (Å²) in [6.07, 6.45) is 6.38. The van der Waals surface area contributed by atoms with E-state index in [4.69, 9.17) is 12.2 Å². The number of pyridine rings is 1. The van der Waals surface area contributed by atoms with Crippen molar-refractivity contribution in [2.75, 3.05) is 11.9 Å². The van der Waals surface area contributed by atoms with E-state index in [0.29, 0.717) is 28.0 Å². The first-order valence-corrected chi connectivity index (χ1v) is 10.8. The fourth-order valence-corrected chi connectivity index (χ4v) is 4.19. The molecule has 1 N–H and O–H groups in total. The zero-order valence-electron chi connectivity index (χ0n) is 16.3. The number of thioether (sulfide) groups is 1. The summed E-state index contributed by atoms with van der Waals surface area (Å²) < 4.78 is 0.598. The summed E-state index contributed by atoms with van der Waals surface area (Å²) in [6, 6.07) is 13.4. The molecule has 1 aliphatic heterocycles. The van der Waals surface area contributed by atoms with Gasteiger partial charge in [-0.3, -0.25) is 14.5 Å². The third kappa shape index (κ3) is 6.24. The van der Waals surface area contributed by atoms with Crippen molar-refractivity contribution in [3.63, 3.8) is 0 Å². The number of aryl methyl sites for hydroxylation is 1. The van der Waals surface area contributed by atoms with Crippen molar-refractivity contribution >= 4 is 52.0 Å². The zero-order valence-corrected chi connectivity index (χ0v) is 17.9. The Kier molecular flexibility index (Phi) is 7.55. The van der Waals surface area contributed by atoms with E-state index in [1.165, 1.54) is 17.3 Å². The topological polar surface area (TPSA) is 62.3 Å². The minimum Gasteiger partial charge on any atom is -0.311 e. The third-order valence-corrected chi connectivity index (χ3v) is 5.84. The van der Waals surface area contributed by atoms with Crippen molar-refractivity contribution in [3.8, 4) is 0 Å². The van der Waals surface area contributed by atoms with Gasteiger partial charge in [-0.25, -0.2) is 4.98 Å². The summed E-state index contributed by atoms with van der Waals surface area (Å²) in [5, 5.41) is 2.77. The monoisotopic (exact) mass is 425 g/mol. The van der Waals surface area contributed by atoms with E-state index in [0.717, 1.165) is 24.8 Å². The number of carbonyl (C=O) groups is 2. The Labute approximate surface area is 180 Å². The third-order valence-electron chi connectivity index (χ3n) is 4.47. The van der Waals surface area contributed by atoms with Gasteiger partial charge in [-0.2, -0.15) is 0 Å². The number of benzene rings is 1. The second kappa shape index (κ2) is 10.3. The van der Waals surface area contributed by atoms with E-state index < -0.39 is 0 Å². The first kappa shape index (κ1) is 21.2. The lowest BCUT2D eigenvalue weighted by Crippen LogP contribution is -2.29. The fourth-order valence-electron chi connectivity index (χ4n) is 2.88. The van der Waals surface area contributed by atoms with Crippen LogP contribution in [0.2, 0.25) is 0 Å². The van der Waals surface area contributed by atoms with Gasteiger partial charge < -0.3 is 5.32 Å². The van der Waals surface area contributed by atoms with Gasteiger partial charge in [-0.15, -0.1) is 0 Å². The molecule has 7 heteroatoms. The molecule has 5 nitrogen and oxygen atoms in total. The van der Waals surface area contributed by atoms with Crippen molar-refractivity contribution in [2.45, 2.75) is 32.6 Å². The Morgan fingerprint density at radius 2 is 1.97 bits per heavy atom. The Hall–Kier alpha value is -2.51. The number of carbonyl (C=O) groups excluding carboxylic acids is 2. The maximum Gasteiger partial charge on any atom is 0.266 e. The molecule has 0 bridgehead atoms. The summed E-state index contributed by atoms with van der Waals surface area (Å²) in [7, 11) is 0. The molecule has 1 aromatic carbocycles. The van der Waals surface area contributed by atoms with Gasteiger partial charge in [0.1, 0.15) is 10.1 Å². The number of thiocarbonyl (C=S) groups is 1. The zero-order chi connectivity index (χ0) is 20.6. The average Bonchev–Trinajstić information content (AvgIpc) is 2.97. The van der Waals surface area contributed by atoms with Crippen LogP contribution in [0.5, 0.6) is 0 Å². The molecule has 0 unspecified atom stereocenters. The molecule has 3 rings (SSSR count). The van der Waals surface area contributed by atoms with Gasteiger partial charge in [0.2, 0.25) is 5.91 Å². The SMILES string of the molecule is Cc1ccc(C=C2SC(=S)N(CCCCCC(=O)Nc3ccccn3)C2=O)cc1. The van der Waals surface area contributed by atoms with Crippen molar-refractivity contribution in [3.05, 3.63) is 64.7 Å². The van der Waals surface area contributed by atoms with Gasteiger partial charge in [0.05, 0.1) is 4.91 Å². The maximum atomic E-state index is 12.6. The number of rotatable bonds is 8. The quantitative estimate of drug-likeness (QED) is 0.374. The van der Waals surface area contributed by atoms with Crippen LogP contribution >= 0.6 is 24.0 Å². The molecule has 0 saturated carbocycles. The molecule has 0 aliphatic carbocycles. The van der Waals surface area contributed by atoms with Crippen LogP contribution in [0.1, 0.15) is 36.8 Å². The second-order valence-electron chi connectivity index (χ2n) is 6.82. The van der Waals surface area contributed by atoms with Gasteiger partial charge in [0.15, 0.2) is 0 Å². The highest BCUT2D eigenvalue weighted by molar-refractivity contribution is 8.26. The lowest BCUT2D eigenvalue weighted by Gasteiger charge is -2.14. The number of hydrogen-bond acceptors (Lipinski definition) is 5. The average molecular weight is 426 g/mol. The van der Waals surface area contributed by atoms with Gasteiger partial charge in [-0.1, -0.05) is 66.3 Å². The number of nitrogens with zero attached hydrogens (tertiary/aromatic N) is 2. The summed E-state index contributed by atoms with van der Waals surface area (Å²) in [4.78, 5) is 31.0. The van der Waals surface area contributed by atoms with Crippen LogP contribution in [0.4, 0.5) is 5.82 Å². The van der Waals surface area contributed by atoms with E-state index in [1.807, 2.05) is 43.3 Å². The highest BCUT2D eigenvalue weighted by Crippen LogP contribution is 2.32. The lowest BCUT2D eigenvalue weighted by molar-refractivity contribution is -0.122. The molecule has 150 valence electrons. The van der Waals surface area contributed by atoms with Crippen molar-refractivity contribution < 1.29 is 9.59 Å². The number of aromatic nitrogens is 1. The van der Waals surface area contributed by atoms with Crippen LogP contribution in [-0.2, 0) is 9.59 Å². The summed E-state index contributed by atoms with van der Waals surface area (Å²) in [5.41, 5.74) is 2.18. The van der Waals surface area contributed by atoms with Crippen LogP contribution in [0.25, 0.3) is 6.08 Å².